The van der Waals surface area contributed by atoms with Crippen LogP contribution in [-0.2, 0) is 0 Å². The second kappa shape index (κ2) is 4.89. The number of aliphatic hydroxyl groups is 1. The maximum absolute atomic E-state index is 11.6. The minimum Gasteiger partial charge on any atom is -0.389 e. The molecular formula is C10H16N4O2. The number of amides is 2. The van der Waals surface area contributed by atoms with Gasteiger partial charge in [-0.15, -0.1) is 5.10 Å². The Morgan fingerprint density at radius 1 is 1.62 bits per heavy atom. The lowest BCUT2D eigenvalue weighted by atomic mass is 10.1. The van der Waals surface area contributed by atoms with Crippen LogP contribution in [0.3, 0.4) is 0 Å². The molecule has 0 aliphatic carbocycles. The molecule has 0 aliphatic rings. The molecule has 6 heteroatoms. The number of rotatable bonds is 3. The highest BCUT2D eigenvalue weighted by molar-refractivity contribution is 5.87. The number of carbonyl (C=O) groups excluding carboxylic acids is 1. The van der Waals surface area contributed by atoms with Crippen molar-refractivity contribution < 1.29 is 9.90 Å². The van der Waals surface area contributed by atoms with Crippen molar-refractivity contribution in [1.82, 2.24) is 15.1 Å². The quantitative estimate of drug-likeness (QED) is 0.792. The van der Waals surface area contributed by atoms with Gasteiger partial charge in [0.15, 0.2) is 5.82 Å². The van der Waals surface area contributed by atoms with E-state index in [9.17, 15) is 9.90 Å². The van der Waals surface area contributed by atoms with E-state index in [1.165, 1.54) is 11.1 Å². The molecule has 0 saturated heterocycles. The summed E-state index contributed by atoms with van der Waals surface area (Å²) in [5, 5.41) is 19.5. The average molecular weight is 224 g/mol. The number of carbonyl (C=O) groups is 1. The van der Waals surface area contributed by atoms with Gasteiger partial charge in [-0.2, -0.15) is 5.10 Å². The molecule has 6 nitrogen and oxygen atoms in total. The molecule has 0 saturated carbocycles. The molecule has 0 radical (unpaired) electrons. The first-order valence-electron chi connectivity index (χ1n) is 4.91. The van der Waals surface area contributed by atoms with Crippen molar-refractivity contribution >= 4 is 11.8 Å². The van der Waals surface area contributed by atoms with E-state index in [-0.39, 0.29) is 12.6 Å². The second-order valence-electron chi connectivity index (χ2n) is 4.21. The average Bonchev–Trinajstić information content (AvgIpc) is 2.16. The van der Waals surface area contributed by atoms with Crippen LogP contribution < -0.4 is 5.32 Å². The maximum Gasteiger partial charge on any atom is 0.322 e. The van der Waals surface area contributed by atoms with Gasteiger partial charge in [-0.25, -0.2) is 4.79 Å². The molecule has 0 aliphatic heterocycles. The summed E-state index contributed by atoms with van der Waals surface area (Å²) in [6.45, 7) is 3.51. The summed E-state index contributed by atoms with van der Waals surface area (Å²) in [5.41, 5.74) is -0.922. The summed E-state index contributed by atoms with van der Waals surface area (Å²) in [7, 11) is 1.60. The zero-order chi connectivity index (χ0) is 12.2. The number of nitrogens with zero attached hydrogens (tertiary/aromatic N) is 3. The van der Waals surface area contributed by atoms with E-state index in [0.29, 0.717) is 5.82 Å². The number of urea groups is 1. The smallest absolute Gasteiger partial charge is 0.322 e. The van der Waals surface area contributed by atoms with Gasteiger partial charge in [-0.3, -0.25) is 5.32 Å². The molecule has 0 aromatic carbocycles. The predicted octanol–water partition coefficient (Wildman–Crippen LogP) is 0.711. The fourth-order valence-corrected chi connectivity index (χ4v) is 1.23. The zero-order valence-electron chi connectivity index (χ0n) is 9.64. The minimum absolute atomic E-state index is 0.235. The van der Waals surface area contributed by atoms with Gasteiger partial charge in [0, 0.05) is 13.2 Å². The predicted molar refractivity (Wildman–Crippen MR) is 60.0 cm³/mol. The van der Waals surface area contributed by atoms with E-state index in [1.807, 2.05) is 0 Å². The monoisotopic (exact) mass is 224 g/mol. The van der Waals surface area contributed by atoms with Crippen LogP contribution in [0.2, 0.25) is 0 Å². The summed E-state index contributed by atoms with van der Waals surface area (Å²) in [6.07, 6.45) is 1.52. The van der Waals surface area contributed by atoms with Crippen molar-refractivity contribution in [2.45, 2.75) is 19.4 Å². The van der Waals surface area contributed by atoms with E-state index in [4.69, 9.17) is 0 Å². The van der Waals surface area contributed by atoms with Crippen LogP contribution in [0.5, 0.6) is 0 Å². The number of aromatic nitrogens is 2. The van der Waals surface area contributed by atoms with Gasteiger partial charge in [0.2, 0.25) is 0 Å². The molecule has 2 N–H and O–H groups in total. The number of nitrogens with one attached hydrogen (secondary N) is 1. The highest BCUT2D eigenvalue weighted by atomic mass is 16.3. The lowest BCUT2D eigenvalue weighted by Gasteiger charge is -2.25. The Morgan fingerprint density at radius 2 is 2.31 bits per heavy atom. The summed E-state index contributed by atoms with van der Waals surface area (Å²) in [5.74, 6) is 0.384. The number of likely N-dealkylation sites (N-methyl/N-ethyl adjacent to an activating group) is 1. The van der Waals surface area contributed by atoms with Crippen molar-refractivity contribution in [2.75, 3.05) is 18.9 Å². The topological polar surface area (TPSA) is 78.4 Å². The largest absolute Gasteiger partial charge is 0.389 e. The van der Waals surface area contributed by atoms with E-state index >= 15 is 0 Å². The third-order valence-electron chi connectivity index (χ3n) is 1.78. The van der Waals surface area contributed by atoms with Gasteiger partial charge in [0.25, 0.3) is 0 Å². The van der Waals surface area contributed by atoms with E-state index in [2.05, 4.69) is 15.5 Å². The van der Waals surface area contributed by atoms with E-state index in [1.54, 1.807) is 33.0 Å². The van der Waals surface area contributed by atoms with Crippen molar-refractivity contribution in [3.05, 3.63) is 18.3 Å². The van der Waals surface area contributed by atoms with Gasteiger partial charge in [0.05, 0.1) is 12.1 Å². The van der Waals surface area contributed by atoms with Crippen LogP contribution in [-0.4, -0.2) is 45.4 Å². The van der Waals surface area contributed by atoms with E-state index in [0.717, 1.165) is 0 Å². The van der Waals surface area contributed by atoms with Crippen LogP contribution >= 0.6 is 0 Å². The summed E-state index contributed by atoms with van der Waals surface area (Å²) >= 11 is 0. The Hall–Kier alpha value is -1.69. The van der Waals surface area contributed by atoms with Crippen LogP contribution in [0.15, 0.2) is 18.3 Å². The first kappa shape index (κ1) is 12.4. The highest BCUT2D eigenvalue weighted by Crippen LogP contribution is 2.05. The van der Waals surface area contributed by atoms with Gasteiger partial charge in [-0.05, 0) is 26.0 Å². The molecule has 1 rings (SSSR count). The molecule has 1 aromatic rings. The van der Waals surface area contributed by atoms with Crippen LogP contribution in [0, 0.1) is 0 Å². The fourth-order valence-electron chi connectivity index (χ4n) is 1.23. The lowest BCUT2D eigenvalue weighted by Crippen LogP contribution is -2.41. The first-order chi connectivity index (χ1) is 7.38. The molecule has 0 atom stereocenters. The molecule has 2 amide bonds. The minimum atomic E-state index is -0.922. The molecular weight excluding hydrogens is 208 g/mol. The highest BCUT2D eigenvalue weighted by Gasteiger charge is 2.19. The first-order valence-corrected chi connectivity index (χ1v) is 4.91. The Morgan fingerprint density at radius 3 is 2.81 bits per heavy atom. The number of hydrogen-bond donors (Lipinski definition) is 2. The van der Waals surface area contributed by atoms with Crippen LogP contribution in [0.25, 0.3) is 0 Å². The van der Waals surface area contributed by atoms with Gasteiger partial charge >= 0.3 is 6.03 Å². The van der Waals surface area contributed by atoms with Crippen molar-refractivity contribution in [1.29, 1.82) is 0 Å². The molecule has 88 valence electrons. The second-order valence-corrected chi connectivity index (χ2v) is 4.21. The Labute approximate surface area is 94.3 Å². The normalized spacial score (nSPS) is 11.0. The summed E-state index contributed by atoms with van der Waals surface area (Å²) < 4.78 is 0. The summed E-state index contributed by atoms with van der Waals surface area (Å²) in [4.78, 5) is 13.0. The molecule has 1 heterocycles. The van der Waals surface area contributed by atoms with Crippen molar-refractivity contribution in [2.24, 2.45) is 0 Å². The maximum atomic E-state index is 11.6. The molecule has 0 bridgehead atoms. The SMILES string of the molecule is CN(CC(C)(C)O)C(=O)Nc1cccnn1. The van der Waals surface area contributed by atoms with E-state index < -0.39 is 5.60 Å². The van der Waals surface area contributed by atoms with Crippen LogP contribution in [0.1, 0.15) is 13.8 Å². The summed E-state index contributed by atoms with van der Waals surface area (Å²) in [6, 6.07) is 2.99. The van der Waals surface area contributed by atoms with Crippen molar-refractivity contribution in [3.63, 3.8) is 0 Å². The molecule has 16 heavy (non-hydrogen) atoms. The Bertz CT molecular complexity index is 348. The molecule has 0 spiro atoms. The van der Waals surface area contributed by atoms with Gasteiger partial charge in [0.1, 0.15) is 0 Å². The van der Waals surface area contributed by atoms with Gasteiger partial charge in [-0.1, -0.05) is 0 Å². The molecule has 0 unspecified atom stereocenters. The lowest BCUT2D eigenvalue weighted by molar-refractivity contribution is 0.0550. The van der Waals surface area contributed by atoms with Gasteiger partial charge < -0.3 is 10.0 Å². The zero-order valence-corrected chi connectivity index (χ0v) is 9.64. The van der Waals surface area contributed by atoms with Crippen LogP contribution in [0.4, 0.5) is 10.6 Å². The number of hydrogen-bond acceptors (Lipinski definition) is 4. The third-order valence-corrected chi connectivity index (χ3v) is 1.78. The Kier molecular flexibility index (Phi) is 3.78. The number of anilines is 1. The fraction of sp³-hybridized carbons (Fsp3) is 0.500. The third kappa shape index (κ3) is 4.22. The molecule has 0 fully saturated rings. The standard InChI is InChI=1S/C10H16N4O2/c1-10(2,16)7-14(3)9(15)12-8-5-4-6-11-13-8/h4-6,16H,7H2,1-3H3,(H,12,13,15). The molecule has 1 aromatic heterocycles. The Balaban J connectivity index is 2.53. The van der Waals surface area contributed by atoms with Crippen molar-refractivity contribution in [3.8, 4) is 0 Å².